The lowest BCUT2D eigenvalue weighted by molar-refractivity contribution is -0.359. The highest BCUT2D eigenvalue weighted by Crippen LogP contribution is 2.30. The van der Waals surface area contributed by atoms with Crippen LogP contribution >= 0.6 is 0 Å². The van der Waals surface area contributed by atoms with E-state index in [1.54, 1.807) is 6.08 Å². The van der Waals surface area contributed by atoms with Gasteiger partial charge < -0.3 is 65.1 Å². The summed E-state index contributed by atoms with van der Waals surface area (Å²) < 4.78 is 22.5. The van der Waals surface area contributed by atoms with Gasteiger partial charge in [-0.1, -0.05) is 202 Å². The molecule has 0 spiro atoms. The second-order valence-electron chi connectivity index (χ2n) is 19.7. The molecule has 14 heteroatoms. The predicted molar refractivity (Wildman–Crippen MR) is 290 cm³/mol. The minimum Gasteiger partial charge on any atom is -0.394 e. The molecule has 0 aliphatic carbocycles. The van der Waals surface area contributed by atoms with Crippen molar-refractivity contribution in [3.05, 3.63) is 85.1 Å². The predicted octanol–water partition coefficient (Wildman–Crippen LogP) is 8.94. The first-order valence-corrected chi connectivity index (χ1v) is 28.3. The van der Waals surface area contributed by atoms with Crippen LogP contribution in [-0.4, -0.2) is 140 Å². The Balaban J connectivity index is 1.52. The van der Waals surface area contributed by atoms with Crippen molar-refractivity contribution in [1.29, 1.82) is 0 Å². The summed E-state index contributed by atoms with van der Waals surface area (Å²) in [6, 6.07) is -0.913. The Morgan fingerprint density at radius 1 is 0.507 bits per heavy atom. The van der Waals surface area contributed by atoms with E-state index in [4.69, 9.17) is 18.9 Å². The third kappa shape index (κ3) is 30.5. The van der Waals surface area contributed by atoms with Crippen molar-refractivity contribution < 1.29 is 64.6 Å². The van der Waals surface area contributed by atoms with Crippen LogP contribution in [0.15, 0.2) is 85.1 Å². The molecule has 0 aromatic heterocycles. The molecular formula is C59H101NO13. The molecular weight excluding hydrogens is 931 g/mol. The number of amides is 1. The second-order valence-corrected chi connectivity index (χ2v) is 19.7. The maximum atomic E-state index is 13.1. The van der Waals surface area contributed by atoms with Gasteiger partial charge in [0.1, 0.15) is 48.8 Å². The van der Waals surface area contributed by atoms with Crippen molar-refractivity contribution >= 4 is 5.91 Å². The number of allylic oxidation sites excluding steroid dienone is 13. The van der Waals surface area contributed by atoms with Crippen molar-refractivity contribution in [2.24, 2.45) is 0 Å². The maximum Gasteiger partial charge on any atom is 0.220 e. The molecule has 0 aromatic rings. The molecule has 2 saturated heterocycles. The molecule has 12 unspecified atom stereocenters. The average Bonchev–Trinajstić information content (AvgIpc) is 3.39. The van der Waals surface area contributed by atoms with Crippen molar-refractivity contribution in [2.75, 3.05) is 19.8 Å². The molecule has 1 amide bonds. The van der Waals surface area contributed by atoms with Gasteiger partial charge in [0.25, 0.3) is 0 Å². The molecule has 2 heterocycles. The molecule has 2 rings (SSSR count). The zero-order valence-electron chi connectivity index (χ0n) is 44.8. The standard InChI is InChI=1S/C59H101NO13/c1-3-5-7-9-10-11-12-13-14-15-16-17-18-19-20-21-22-23-24-25-26-27-28-29-30-31-32-33-34-35-36-37-38-39-41-43-51(64)60-47(48(63)42-40-8-6-4-2)46-70-58-56(69)54(67)57(50(45-62)72-58)73-59-55(68)53(66)52(65)49(44-61)71-59/h5,7,10-11,13-14,16-17,19-20,22-23,40,42,47-50,52-59,61-63,65-69H,3-4,6,8-9,12,15,18,21,24-39,41,43-46H2,1-2H3,(H,60,64)/b7-5-,11-10-,14-13-,17-16-,20-19-,23-22-,42-40+. The van der Waals surface area contributed by atoms with E-state index in [0.717, 1.165) is 77.0 Å². The summed E-state index contributed by atoms with van der Waals surface area (Å²) in [5.74, 6) is -0.252. The fraction of sp³-hybridized carbons (Fsp3) is 0.746. The number of hydrogen-bond acceptors (Lipinski definition) is 13. The molecule has 0 bridgehead atoms. The molecule has 0 saturated carbocycles. The highest BCUT2D eigenvalue weighted by molar-refractivity contribution is 5.76. The first-order valence-electron chi connectivity index (χ1n) is 28.3. The van der Waals surface area contributed by atoms with E-state index in [0.29, 0.717) is 6.42 Å². The first-order chi connectivity index (χ1) is 35.6. The SMILES string of the molecule is CC/C=C\C/C=C\C/C=C\C/C=C\C/C=C\C/C=C\CCCCCCCCCCCCCCCCCCC(=O)NC(COC1OC(CO)C(OC2OC(CO)C(O)C(O)C2O)C(O)C1O)C(O)/C=C/CCCC. The molecule has 2 aliphatic heterocycles. The van der Waals surface area contributed by atoms with E-state index in [1.807, 2.05) is 6.08 Å². The third-order valence-electron chi connectivity index (χ3n) is 13.3. The lowest BCUT2D eigenvalue weighted by atomic mass is 9.97. The van der Waals surface area contributed by atoms with Gasteiger partial charge >= 0.3 is 0 Å². The number of carbonyl (C=O) groups excluding carboxylic acids is 1. The first kappa shape index (κ1) is 66.3. The maximum absolute atomic E-state index is 13.1. The van der Waals surface area contributed by atoms with Gasteiger partial charge in [0.05, 0.1) is 32.0 Å². The van der Waals surface area contributed by atoms with Crippen LogP contribution in [0.3, 0.4) is 0 Å². The largest absolute Gasteiger partial charge is 0.394 e. The van der Waals surface area contributed by atoms with Crippen LogP contribution < -0.4 is 5.32 Å². The Bertz CT molecular complexity index is 1550. The van der Waals surface area contributed by atoms with Gasteiger partial charge in [0.2, 0.25) is 5.91 Å². The molecule has 14 nitrogen and oxygen atoms in total. The van der Waals surface area contributed by atoms with Crippen LogP contribution in [0, 0.1) is 0 Å². The van der Waals surface area contributed by atoms with Gasteiger partial charge in [-0.05, 0) is 64.2 Å². The highest BCUT2D eigenvalue weighted by atomic mass is 16.7. The quantitative estimate of drug-likeness (QED) is 0.0206. The number of rotatable bonds is 43. The number of aliphatic hydroxyl groups is 8. The molecule has 12 atom stereocenters. The number of aliphatic hydroxyl groups excluding tert-OH is 8. The Kier molecular flexibility index (Phi) is 40.2. The van der Waals surface area contributed by atoms with E-state index in [9.17, 15) is 45.6 Å². The lowest BCUT2D eigenvalue weighted by Crippen LogP contribution is -2.65. The fourth-order valence-corrected chi connectivity index (χ4v) is 8.75. The monoisotopic (exact) mass is 1030 g/mol. The van der Waals surface area contributed by atoms with Crippen molar-refractivity contribution in [3.8, 4) is 0 Å². The minimum atomic E-state index is -1.79. The molecule has 2 aliphatic rings. The van der Waals surface area contributed by atoms with Crippen molar-refractivity contribution in [3.63, 3.8) is 0 Å². The summed E-state index contributed by atoms with van der Waals surface area (Å²) >= 11 is 0. The number of hydrogen-bond donors (Lipinski definition) is 9. The van der Waals surface area contributed by atoms with Crippen molar-refractivity contribution in [2.45, 2.75) is 261 Å². The van der Waals surface area contributed by atoms with E-state index in [-0.39, 0.29) is 18.9 Å². The van der Waals surface area contributed by atoms with Gasteiger partial charge in [-0.3, -0.25) is 4.79 Å². The van der Waals surface area contributed by atoms with Gasteiger partial charge in [-0.2, -0.15) is 0 Å². The number of unbranched alkanes of at least 4 members (excludes halogenated alkanes) is 18. The molecule has 420 valence electrons. The summed E-state index contributed by atoms with van der Waals surface area (Å²) in [5, 5.41) is 86.1. The van der Waals surface area contributed by atoms with Crippen LogP contribution in [0.1, 0.15) is 187 Å². The molecule has 0 radical (unpaired) electrons. The highest BCUT2D eigenvalue weighted by Gasteiger charge is 2.51. The van der Waals surface area contributed by atoms with Gasteiger partial charge in [0.15, 0.2) is 12.6 Å². The van der Waals surface area contributed by atoms with Crippen LogP contribution in [-0.2, 0) is 23.7 Å². The lowest BCUT2D eigenvalue weighted by Gasteiger charge is -2.46. The fourth-order valence-electron chi connectivity index (χ4n) is 8.75. The topological polar surface area (TPSA) is 228 Å². The molecule has 73 heavy (non-hydrogen) atoms. The summed E-state index contributed by atoms with van der Waals surface area (Å²) in [5.41, 5.74) is 0. The summed E-state index contributed by atoms with van der Waals surface area (Å²) in [4.78, 5) is 13.1. The Hall–Kier alpha value is -2.83. The van der Waals surface area contributed by atoms with E-state index in [2.05, 4.69) is 92.1 Å². The number of carbonyl (C=O) groups is 1. The number of ether oxygens (including phenoxy) is 4. The van der Waals surface area contributed by atoms with Gasteiger partial charge in [0, 0.05) is 6.42 Å². The van der Waals surface area contributed by atoms with Crippen LogP contribution in [0.2, 0.25) is 0 Å². The van der Waals surface area contributed by atoms with E-state index < -0.39 is 86.8 Å². The van der Waals surface area contributed by atoms with E-state index >= 15 is 0 Å². The smallest absolute Gasteiger partial charge is 0.220 e. The summed E-state index contributed by atoms with van der Waals surface area (Å²) in [6.07, 6.45) is 43.1. The molecule has 2 fully saturated rings. The van der Waals surface area contributed by atoms with Crippen LogP contribution in [0.25, 0.3) is 0 Å². The summed E-state index contributed by atoms with van der Waals surface area (Å²) in [7, 11) is 0. The van der Waals surface area contributed by atoms with E-state index in [1.165, 1.54) is 83.5 Å². The van der Waals surface area contributed by atoms with Crippen LogP contribution in [0.5, 0.6) is 0 Å². The zero-order chi connectivity index (χ0) is 53.2. The van der Waals surface area contributed by atoms with Gasteiger partial charge in [-0.15, -0.1) is 0 Å². The summed E-state index contributed by atoms with van der Waals surface area (Å²) in [6.45, 7) is 2.49. The second kappa shape index (κ2) is 44.3. The Morgan fingerprint density at radius 3 is 1.44 bits per heavy atom. The average molecular weight is 1030 g/mol. The zero-order valence-corrected chi connectivity index (χ0v) is 44.8. The Morgan fingerprint density at radius 2 is 0.945 bits per heavy atom. The van der Waals surface area contributed by atoms with Crippen LogP contribution in [0.4, 0.5) is 0 Å². The number of nitrogens with one attached hydrogen (secondary N) is 1. The van der Waals surface area contributed by atoms with Gasteiger partial charge in [-0.25, -0.2) is 0 Å². The normalized spacial score (nSPS) is 26.1. The minimum absolute atomic E-state index is 0.252. The molecule has 9 N–H and O–H groups in total. The van der Waals surface area contributed by atoms with Crippen molar-refractivity contribution in [1.82, 2.24) is 5.32 Å². The third-order valence-corrected chi connectivity index (χ3v) is 13.3. The molecule has 0 aromatic carbocycles. The Labute approximate surface area is 440 Å².